The topological polar surface area (TPSA) is 123 Å². The molecule has 0 heterocycles. The van der Waals surface area contributed by atoms with Gasteiger partial charge in [0.15, 0.2) is 9.84 Å². The van der Waals surface area contributed by atoms with E-state index < -0.39 is 9.84 Å². The summed E-state index contributed by atoms with van der Waals surface area (Å²) in [6.07, 6.45) is 2.88. The van der Waals surface area contributed by atoms with E-state index in [1.165, 1.54) is 0 Å². The first kappa shape index (κ1) is 24.9. The third kappa shape index (κ3) is 8.37. The minimum Gasteiger partial charge on any atom is -0.396 e. The van der Waals surface area contributed by atoms with E-state index in [0.717, 1.165) is 18.5 Å². The van der Waals surface area contributed by atoms with Crippen LogP contribution < -0.4 is 4.90 Å². The van der Waals surface area contributed by atoms with Gasteiger partial charge in [0, 0.05) is 25.4 Å². The summed E-state index contributed by atoms with van der Waals surface area (Å²) in [5.74, 6) is 0.0925. The quantitative estimate of drug-likeness (QED) is 0.301. The molecule has 0 radical (unpaired) electrons. The number of aliphatic hydroxyl groups is 3. The number of hydrogen-bond acceptors (Lipinski definition) is 8. The maximum absolute atomic E-state index is 12.4. The second-order valence-corrected chi connectivity index (χ2v) is 9.21. The molecular weight excluding hydrogens is 418 g/mol. The minimum absolute atomic E-state index is 0.00309. The second kappa shape index (κ2) is 13.2. The summed E-state index contributed by atoms with van der Waals surface area (Å²) in [5.41, 5.74) is 2.05. The van der Waals surface area contributed by atoms with Crippen LogP contribution in [0.4, 0.5) is 17.1 Å². The van der Waals surface area contributed by atoms with E-state index in [1.54, 1.807) is 36.4 Å². The highest BCUT2D eigenvalue weighted by atomic mass is 32.2. The van der Waals surface area contributed by atoms with Crippen LogP contribution in [0.1, 0.15) is 25.7 Å². The van der Waals surface area contributed by atoms with Crippen LogP contribution in [0.3, 0.4) is 0 Å². The summed E-state index contributed by atoms with van der Waals surface area (Å²) in [4.78, 5) is 2.14. The fraction of sp³-hybridized carbons (Fsp3) is 0.455. The zero-order valence-corrected chi connectivity index (χ0v) is 18.4. The standard InChI is InChI=1S/C22H31N3O5S/c26-15-3-1-2-4-18-31(29,30)22-11-7-20(8-12-22)24-23-19-5-9-21(10-6-19)25(13-16-27)14-17-28/h5-12,26-28H,1-4,13-18H2. The molecule has 0 bridgehead atoms. The summed E-state index contributed by atoms with van der Waals surface area (Å²) in [6.45, 7) is 0.991. The predicted octanol–water partition coefficient (Wildman–Crippen LogP) is 3.22. The molecule has 2 aromatic rings. The zero-order valence-electron chi connectivity index (χ0n) is 17.6. The maximum Gasteiger partial charge on any atom is 0.178 e. The molecule has 0 aromatic heterocycles. The normalized spacial score (nSPS) is 11.8. The molecule has 170 valence electrons. The van der Waals surface area contributed by atoms with Crippen molar-refractivity contribution in [3.05, 3.63) is 48.5 Å². The van der Waals surface area contributed by atoms with Gasteiger partial charge in [0.1, 0.15) is 0 Å². The predicted molar refractivity (Wildman–Crippen MR) is 121 cm³/mol. The van der Waals surface area contributed by atoms with E-state index in [1.807, 2.05) is 17.0 Å². The van der Waals surface area contributed by atoms with E-state index >= 15 is 0 Å². The van der Waals surface area contributed by atoms with E-state index in [-0.39, 0.29) is 30.5 Å². The van der Waals surface area contributed by atoms with Crippen molar-refractivity contribution >= 4 is 26.9 Å². The second-order valence-electron chi connectivity index (χ2n) is 7.10. The molecule has 0 saturated heterocycles. The molecule has 9 heteroatoms. The van der Waals surface area contributed by atoms with Gasteiger partial charge < -0.3 is 20.2 Å². The lowest BCUT2D eigenvalue weighted by molar-refractivity contribution is 0.281. The molecule has 0 aliphatic carbocycles. The molecule has 8 nitrogen and oxygen atoms in total. The van der Waals surface area contributed by atoms with Crippen molar-refractivity contribution in [2.24, 2.45) is 10.2 Å². The highest BCUT2D eigenvalue weighted by Gasteiger charge is 2.13. The first-order chi connectivity index (χ1) is 15.0. The van der Waals surface area contributed by atoms with Crippen LogP contribution in [0.5, 0.6) is 0 Å². The van der Waals surface area contributed by atoms with Gasteiger partial charge in [0.2, 0.25) is 0 Å². The summed E-state index contributed by atoms with van der Waals surface area (Å²) in [5, 5.41) is 35.4. The Morgan fingerprint density at radius 2 is 1.19 bits per heavy atom. The number of sulfone groups is 1. The van der Waals surface area contributed by atoms with Crippen LogP contribution in [0, 0.1) is 0 Å². The van der Waals surface area contributed by atoms with Crippen molar-refractivity contribution < 1.29 is 23.7 Å². The average Bonchev–Trinajstić information content (AvgIpc) is 2.78. The fourth-order valence-electron chi connectivity index (χ4n) is 3.05. The zero-order chi connectivity index (χ0) is 22.5. The van der Waals surface area contributed by atoms with E-state index in [9.17, 15) is 8.42 Å². The first-order valence-corrected chi connectivity index (χ1v) is 12.1. The molecule has 0 spiro atoms. The van der Waals surface area contributed by atoms with E-state index in [0.29, 0.717) is 37.3 Å². The van der Waals surface area contributed by atoms with E-state index in [4.69, 9.17) is 15.3 Å². The lowest BCUT2D eigenvalue weighted by Crippen LogP contribution is -2.29. The van der Waals surface area contributed by atoms with Gasteiger partial charge in [-0.3, -0.25) is 0 Å². The SMILES string of the molecule is O=S(=O)(CCCCCCO)c1ccc(N=Nc2ccc(N(CCO)CCO)cc2)cc1. The molecule has 0 saturated carbocycles. The van der Waals surface area contributed by atoms with Crippen LogP contribution in [0.15, 0.2) is 63.7 Å². The van der Waals surface area contributed by atoms with Crippen molar-refractivity contribution in [2.45, 2.75) is 30.6 Å². The summed E-state index contributed by atoms with van der Waals surface area (Å²) >= 11 is 0. The Balaban J connectivity index is 1.96. The molecule has 0 aliphatic rings. The molecule has 0 amide bonds. The fourth-order valence-corrected chi connectivity index (χ4v) is 4.42. The van der Waals surface area contributed by atoms with Crippen molar-refractivity contribution in [3.63, 3.8) is 0 Å². The number of hydrogen-bond donors (Lipinski definition) is 3. The van der Waals surface area contributed by atoms with Crippen LogP contribution >= 0.6 is 0 Å². The van der Waals surface area contributed by atoms with Gasteiger partial charge >= 0.3 is 0 Å². The summed E-state index contributed by atoms with van der Waals surface area (Å²) < 4.78 is 24.8. The number of benzene rings is 2. The number of aliphatic hydroxyl groups excluding tert-OH is 3. The van der Waals surface area contributed by atoms with Gasteiger partial charge in [-0.1, -0.05) is 12.8 Å². The largest absolute Gasteiger partial charge is 0.396 e. The molecule has 0 unspecified atom stereocenters. The lowest BCUT2D eigenvalue weighted by atomic mass is 10.2. The van der Waals surface area contributed by atoms with Gasteiger partial charge in [0.25, 0.3) is 0 Å². The van der Waals surface area contributed by atoms with Gasteiger partial charge in [-0.25, -0.2) is 8.42 Å². The highest BCUT2D eigenvalue weighted by Crippen LogP contribution is 2.23. The molecular formula is C22H31N3O5S. The number of anilines is 1. The van der Waals surface area contributed by atoms with Gasteiger partial charge in [-0.15, -0.1) is 0 Å². The molecule has 0 aliphatic heterocycles. The Bertz CT molecular complexity index is 894. The molecule has 2 rings (SSSR count). The van der Waals surface area contributed by atoms with Gasteiger partial charge in [-0.2, -0.15) is 10.2 Å². The number of rotatable bonds is 14. The smallest absolute Gasteiger partial charge is 0.178 e. The van der Waals surface area contributed by atoms with Gasteiger partial charge in [-0.05, 0) is 61.4 Å². The van der Waals surface area contributed by atoms with Crippen molar-refractivity contribution in [2.75, 3.05) is 43.6 Å². The molecule has 3 N–H and O–H groups in total. The molecule has 2 aromatic carbocycles. The van der Waals surface area contributed by atoms with Crippen LogP contribution in [-0.2, 0) is 9.84 Å². The Morgan fingerprint density at radius 1 is 0.677 bits per heavy atom. The molecule has 0 atom stereocenters. The van der Waals surface area contributed by atoms with Crippen molar-refractivity contribution in [1.82, 2.24) is 0 Å². The third-order valence-corrected chi connectivity index (χ3v) is 6.57. The average molecular weight is 450 g/mol. The van der Waals surface area contributed by atoms with Crippen molar-refractivity contribution in [3.8, 4) is 0 Å². The van der Waals surface area contributed by atoms with Gasteiger partial charge in [0.05, 0.1) is 35.2 Å². The Hall–Kier alpha value is -2.33. The highest BCUT2D eigenvalue weighted by molar-refractivity contribution is 7.91. The van der Waals surface area contributed by atoms with Crippen molar-refractivity contribution in [1.29, 1.82) is 0 Å². The van der Waals surface area contributed by atoms with Crippen LogP contribution in [0.2, 0.25) is 0 Å². The number of azo groups is 1. The van der Waals surface area contributed by atoms with Crippen LogP contribution in [0.25, 0.3) is 0 Å². The lowest BCUT2D eigenvalue weighted by Gasteiger charge is -2.22. The monoisotopic (exact) mass is 449 g/mol. The maximum atomic E-state index is 12.4. The molecule has 31 heavy (non-hydrogen) atoms. The molecule has 0 fully saturated rings. The third-order valence-electron chi connectivity index (χ3n) is 4.75. The summed E-state index contributed by atoms with van der Waals surface area (Å²) in [6, 6.07) is 13.6. The minimum atomic E-state index is -3.33. The summed E-state index contributed by atoms with van der Waals surface area (Å²) in [7, 11) is -3.33. The Labute approximate surface area is 183 Å². The Morgan fingerprint density at radius 3 is 1.71 bits per heavy atom. The number of unbranched alkanes of at least 4 members (excludes halogenated alkanes) is 3. The Kier molecular flexibility index (Phi) is 10.6. The van der Waals surface area contributed by atoms with Crippen LogP contribution in [-0.4, -0.2) is 62.4 Å². The van der Waals surface area contributed by atoms with E-state index in [2.05, 4.69) is 10.2 Å². The first-order valence-electron chi connectivity index (χ1n) is 10.4. The number of nitrogens with zero attached hydrogens (tertiary/aromatic N) is 3.